The van der Waals surface area contributed by atoms with Gasteiger partial charge in [0.1, 0.15) is 0 Å². The van der Waals surface area contributed by atoms with Crippen LogP contribution < -0.4 is 0 Å². The van der Waals surface area contributed by atoms with Gasteiger partial charge in [0.15, 0.2) is 5.82 Å². The molecule has 0 spiro atoms. The summed E-state index contributed by atoms with van der Waals surface area (Å²) in [5.41, 5.74) is 13.3. The summed E-state index contributed by atoms with van der Waals surface area (Å²) in [7, 11) is 0. The molecule has 4 nitrogen and oxygen atoms in total. The molecule has 11 rings (SSSR count). The number of hydrogen-bond donors (Lipinski definition) is 0. The van der Waals surface area contributed by atoms with Crippen molar-refractivity contribution < 1.29 is 0 Å². The molecule has 0 aliphatic carbocycles. The van der Waals surface area contributed by atoms with Crippen LogP contribution in [0.4, 0.5) is 0 Å². The van der Waals surface area contributed by atoms with Gasteiger partial charge in [0.2, 0.25) is 0 Å². The van der Waals surface area contributed by atoms with E-state index in [0.717, 1.165) is 39.1 Å². The molecule has 11 aromatic rings. The summed E-state index contributed by atoms with van der Waals surface area (Å²) >= 11 is 0. The number of hydrogen-bond acceptors (Lipinski definition) is 2. The fourth-order valence-electron chi connectivity index (χ4n) is 8.20. The molecular weight excluding hydrogens is 657 g/mol. The highest BCUT2D eigenvalue weighted by Gasteiger charge is 2.19. The van der Waals surface area contributed by atoms with Crippen molar-refractivity contribution in [3.8, 4) is 45.1 Å². The molecule has 54 heavy (non-hydrogen) atoms. The maximum Gasteiger partial charge on any atom is 0.160 e. The van der Waals surface area contributed by atoms with Crippen LogP contribution >= 0.6 is 0 Å². The van der Waals surface area contributed by atoms with Gasteiger partial charge in [-0.25, -0.2) is 9.97 Å². The standard InChI is InChI=1S/C50H32N4/c1-3-13-33(14-4-1)34-23-27-37(28-24-34)53-45-21-11-8-17-39(45)42-32-48-43(31-47(42)53)40-18-9-12-22-46(40)54(48)38-29-25-36(26-30-38)50-51-44-20-10-7-19-41(44)49(52-50)35-15-5-2-6-16-35/h1-32H. The minimum absolute atomic E-state index is 0.715. The van der Waals surface area contributed by atoms with Crippen molar-refractivity contribution in [3.05, 3.63) is 194 Å². The fraction of sp³-hybridized carbons (Fsp3) is 0. The molecule has 3 aromatic heterocycles. The second-order valence-electron chi connectivity index (χ2n) is 13.8. The summed E-state index contributed by atoms with van der Waals surface area (Å²) < 4.78 is 4.80. The van der Waals surface area contributed by atoms with Crippen molar-refractivity contribution in [1.29, 1.82) is 0 Å². The van der Waals surface area contributed by atoms with Gasteiger partial charge in [-0.1, -0.05) is 127 Å². The normalized spacial score (nSPS) is 11.7. The summed E-state index contributed by atoms with van der Waals surface area (Å²) in [6.07, 6.45) is 0. The highest BCUT2D eigenvalue weighted by Crippen LogP contribution is 2.40. The van der Waals surface area contributed by atoms with Crippen LogP contribution in [0.1, 0.15) is 0 Å². The number of nitrogens with zero attached hydrogens (tertiary/aromatic N) is 4. The molecule has 0 bridgehead atoms. The van der Waals surface area contributed by atoms with Crippen molar-refractivity contribution in [2.75, 3.05) is 0 Å². The average Bonchev–Trinajstić information content (AvgIpc) is 3.75. The minimum atomic E-state index is 0.715. The van der Waals surface area contributed by atoms with E-state index in [1.165, 1.54) is 54.7 Å². The predicted molar refractivity (Wildman–Crippen MR) is 225 cm³/mol. The zero-order valence-corrected chi connectivity index (χ0v) is 29.3. The quantitative estimate of drug-likeness (QED) is 0.180. The molecule has 0 saturated carbocycles. The van der Waals surface area contributed by atoms with Gasteiger partial charge < -0.3 is 9.13 Å². The molecule has 0 atom stereocenters. The number of benzene rings is 8. The van der Waals surface area contributed by atoms with Crippen LogP contribution in [-0.4, -0.2) is 19.1 Å². The zero-order chi connectivity index (χ0) is 35.6. The van der Waals surface area contributed by atoms with Crippen LogP contribution in [0.15, 0.2) is 194 Å². The number of aromatic nitrogens is 4. The highest BCUT2D eigenvalue weighted by molar-refractivity contribution is 6.19. The van der Waals surface area contributed by atoms with Crippen molar-refractivity contribution >= 4 is 54.5 Å². The van der Waals surface area contributed by atoms with Gasteiger partial charge in [0, 0.05) is 49.4 Å². The third-order valence-corrected chi connectivity index (χ3v) is 10.7. The van der Waals surface area contributed by atoms with Gasteiger partial charge in [0.05, 0.1) is 33.3 Å². The van der Waals surface area contributed by atoms with E-state index in [1.54, 1.807) is 0 Å². The summed E-state index contributed by atoms with van der Waals surface area (Å²) in [6, 6.07) is 69.1. The Kier molecular flexibility index (Phi) is 6.82. The molecule has 3 heterocycles. The molecular formula is C50H32N4. The van der Waals surface area contributed by atoms with Crippen LogP contribution in [0, 0.1) is 0 Å². The predicted octanol–water partition coefficient (Wildman–Crippen LogP) is 12.8. The highest BCUT2D eigenvalue weighted by atomic mass is 15.0. The molecule has 0 unspecified atom stereocenters. The van der Waals surface area contributed by atoms with Gasteiger partial charge in [-0.2, -0.15) is 0 Å². The Morgan fingerprint density at radius 1 is 0.296 bits per heavy atom. The Hall–Kier alpha value is -7.30. The van der Waals surface area contributed by atoms with Gasteiger partial charge in [-0.15, -0.1) is 0 Å². The number of para-hydroxylation sites is 3. The van der Waals surface area contributed by atoms with E-state index >= 15 is 0 Å². The first kappa shape index (κ1) is 30.3. The lowest BCUT2D eigenvalue weighted by Crippen LogP contribution is -1.97. The molecule has 0 aliphatic heterocycles. The monoisotopic (exact) mass is 688 g/mol. The number of rotatable bonds is 5. The summed E-state index contributed by atoms with van der Waals surface area (Å²) in [6.45, 7) is 0. The van der Waals surface area contributed by atoms with E-state index in [-0.39, 0.29) is 0 Å². The molecule has 0 fully saturated rings. The maximum atomic E-state index is 5.12. The van der Waals surface area contributed by atoms with E-state index in [4.69, 9.17) is 9.97 Å². The van der Waals surface area contributed by atoms with Crippen molar-refractivity contribution in [1.82, 2.24) is 19.1 Å². The molecule has 252 valence electrons. The average molecular weight is 689 g/mol. The van der Waals surface area contributed by atoms with Crippen molar-refractivity contribution in [2.24, 2.45) is 0 Å². The maximum absolute atomic E-state index is 5.12. The molecule has 0 aliphatic rings. The first-order valence-electron chi connectivity index (χ1n) is 18.3. The summed E-state index contributed by atoms with van der Waals surface area (Å²) in [5.74, 6) is 0.715. The van der Waals surface area contributed by atoms with Crippen LogP contribution in [0.25, 0.3) is 99.7 Å². The second kappa shape index (κ2) is 12.1. The van der Waals surface area contributed by atoms with Crippen LogP contribution in [0.5, 0.6) is 0 Å². The fourth-order valence-corrected chi connectivity index (χ4v) is 8.20. The van der Waals surface area contributed by atoms with E-state index in [0.29, 0.717) is 5.82 Å². The van der Waals surface area contributed by atoms with Crippen LogP contribution in [0.2, 0.25) is 0 Å². The molecule has 0 N–H and O–H groups in total. The van der Waals surface area contributed by atoms with Gasteiger partial charge in [-0.05, 0) is 77.9 Å². The Labute approximate surface area is 311 Å². The molecule has 0 radical (unpaired) electrons. The van der Waals surface area contributed by atoms with Gasteiger partial charge in [0.25, 0.3) is 0 Å². The first-order valence-corrected chi connectivity index (χ1v) is 18.3. The lowest BCUT2D eigenvalue weighted by atomic mass is 10.1. The Morgan fingerprint density at radius 3 is 1.31 bits per heavy atom. The lowest BCUT2D eigenvalue weighted by Gasteiger charge is -2.11. The Balaban J connectivity index is 1.07. The van der Waals surface area contributed by atoms with E-state index in [2.05, 4.69) is 185 Å². The third kappa shape index (κ3) is 4.78. The zero-order valence-electron chi connectivity index (χ0n) is 29.3. The molecule has 0 amide bonds. The number of fused-ring (bicyclic) bond motifs is 7. The topological polar surface area (TPSA) is 35.6 Å². The first-order chi connectivity index (χ1) is 26.8. The van der Waals surface area contributed by atoms with E-state index in [1.807, 2.05) is 18.2 Å². The van der Waals surface area contributed by atoms with Crippen LogP contribution in [0.3, 0.4) is 0 Å². The van der Waals surface area contributed by atoms with Crippen LogP contribution in [-0.2, 0) is 0 Å². The SMILES string of the molecule is c1ccc(-c2ccc(-n3c4ccccc4c4cc5c(cc43)c3ccccc3n5-c3ccc(-c4nc(-c5ccccc5)c5ccccc5n4)cc3)cc2)cc1. The Bertz CT molecular complexity index is 3170. The lowest BCUT2D eigenvalue weighted by molar-refractivity contribution is 1.17. The van der Waals surface area contributed by atoms with Crippen molar-refractivity contribution in [3.63, 3.8) is 0 Å². The second-order valence-corrected chi connectivity index (χ2v) is 13.8. The van der Waals surface area contributed by atoms with E-state index in [9.17, 15) is 0 Å². The van der Waals surface area contributed by atoms with E-state index < -0.39 is 0 Å². The molecule has 0 saturated heterocycles. The summed E-state index contributed by atoms with van der Waals surface area (Å²) in [5, 5.41) is 5.95. The summed E-state index contributed by atoms with van der Waals surface area (Å²) in [4.78, 5) is 10.1. The van der Waals surface area contributed by atoms with Crippen molar-refractivity contribution in [2.45, 2.75) is 0 Å². The third-order valence-electron chi connectivity index (χ3n) is 10.7. The molecule has 8 aromatic carbocycles. The van der Waals surface area contributed by atoms with Gasteiger partial charge >= 0.3 is 0 Å². The smallest absolute Gasteiger partial charge is 0.160 e. The Morgan fingerprint density at radius 2 is 0.741 bits per heavy atom. The van der Waals surface area contributed by atoms with Gasteiger partial charge in [-0.3, -0.25) is 0 Å². The largest absolute Gasteiger partial charge is 0.309 e. The molecule has 4 heteroatoms. The minimum Gasteiger partial charge on any atom is -0.309 e.